The van der Waals surface area contributed by atoms with E-state index in [4.69, 9.17) is 9.84 Å². The summed E-state index contributed by atoms with van der Waals surface area (Å²) in [6.45, 7) is 0.223. The Hall–Kier alpha value is -0.0800. The van der Waals surface area contributed by atoms with Crippen LogP contribution in [0.25, 0.3) is 0 Å². The smallest absolute Gasteiger partial charge is 0.107 e. The fourth-order valence-electron chi connectivity index (χ4n) is 2.18. The standard InChI is InChI=1S/C9H16O2/c10-6-8-9(11-8)7-4-2-1-3-5-7/h7-10H,1-6H2/t8-,9-/m1/s1. The van der Waals surface area contributed by atoms with Gasteiger partial charge in [-0.3, -0.25) is 0 Å². The maximum absolute atomic E-state index is 8.78. The summed E-state index contributed by atoms with van der Waals surface area (Å²) in [6, 6.07) is 0. The van der Waals surface area contributed by atoms with Gasteiger partial charge in [-0.05, 0) is 18.8 Å². The second kappa shape index (κ2) is 3.11. The van der Waals surface area contributed by atoms with E-state index >= 15 is 0 Å². The Morgan fingerprint density at radius 1 is 1.18 bits per heavy atom. The van der Waals surface area contributed by atoms with Crippen molar-refractivity contribution in [2.75, 3.05) is 6.61 Å². The molecule has 0 radical (unpaired) electrons. The average Bonchev–Trinajstić information content (AvgIpc) is 2.85. The van der Waals surface area contributed by atoms with Crippen LogP contribution in [0.3, 0.4) is 0 Å². The van der Waals surface area contributed by atoms with E-state index in [1.807, 2.05) is 0 Å². The Labute approximate surface area is 67.6 Å². The molecule has 1 aliphatic heterocycles. The van der Waals surface area contributed by atoms with E-state index in [1.54, 1.807) is 0 Å². The minimum Gasteiger partial charge on any atom is -0.394 e. The van der Waals surface area contributed by atoms with Gasteiger partial charge >= 0.3 is 0 Å². The van der Waals surface area contributed by atoms with Gasteiger partial charge in [-0.15, -0.1) is 0 Å². The maximum atomic E-state index is 8.78. The Balaban J connectivity index is 1.77. The summed E-state index contributed by atoms with van der Waals surface area (Å²) in [7, 11) is 0. The third-order valence-corrected chi connectivity index (χ3v) is 2.92. The number of epoxide rings is 1. The van der Waals surface area contributed by atoms with Crippen LogP contribution in [-0.2, 0) is 4.74 Å². The van der Waals surface area contributed by atoms with Gasteiger partial charge in [-0.25, -0.2) is 0 Å². The summed E-state index contributed by atoms with van der Waals surface area (Å²) in [5, 5.41) is 8.78. The molecule has 1 N–H and O–H groups in total. The van der Waals surface area contributed by atoms with E-state index < -0.39 is 0 Å². The first kappa shape index (κ1) is 7.56. The van der Waals surface area contributed by atoms with Crippen molar-refractivity contribution in [3.05, 3.63) is 0 Å². The Morgan fingerprint density at radius 3 is 2.45 bits per heavy atom. The lowest BCUT2D eigenvalue weighted by Crippen LogP contribution is -2.15. The van der Waals surface area contributed by atoms with Crippen LogP contribution in [0, 0.1) is 5.92 Å². The highest BCUT2D eigenvalue weighted by molar-refractivity contribution is 4.90. The Bertz CT molecular complexity index is 130. The number of hydrogen-bond donors (Lipinski definition) is 1. The molecule has 0 bridgehead atoms. The topological polar surface area (TPSA) is 32.8 Å². The van der Waals surface area contributed by atoms with Gasteiger partial charge in [0.25, 0.3) is 0 Å². The molecule has 0 spiro atoms. The monoisotopic (exact) mass is 156 g/mol. The fourth-order valence-corrected chi connectivity index (χ4v) is 2.18. The molecule has 2 fully saturated rings. The first-order chi connectivity index (χ1) is 5.42. The van der Waals surface area contributed by atoms with Crippen LogP contribution in [0.15, 0.2) is 0 Å². The van der Waals surface area contributed by atoms with Crippen molar-refractivity contribution in [1.29, 1.82) is 0 Å². The van der Waals surface area contributed by atoms with E-state index in [0.717, 1.165) is 5.92 Å². The number of aliphatic hydroxyl groups is 1. The molecule has 0 unspecified atom stereocenters. The van der Waals surface area contributed by atoms with E-state index in [-0.39, 0.29) is 12.7 Å². The van der Waals surface area contributed by atoms with Crippen LogP contribution in [0.1, 0.15) is 32.1 Å². The zero-order valence-electron chi connectivity index (χ0n) is 6.83. The molecule has 0 amide bonds. The van der Waals surface area contributed by atoms with Crippen molar-refractivity contribution >= 4 is 0 Å². The number of rotatable bonds is 2. The third kappa shape index (κ3) is 1.57. The lowest BCUT2D eigenvalue weighted by atomic mass is 9.86. The molecule has 2 rings (SSSR count). The van der Waals surface area contributed by atoms with Gasteiger partial charge in [0.05, 0.1) is 12.7 Å². The van der Waals surface area contributed by atoms with Crippen molar-refractivity contribution in [3.63, 3.8) is 0 Å². The molecular weight excluding hydrogens is 140 g/mol. The van der Waals surface area contributed by atoms with Gasteiger partial charge in [0.15, 0.2) is 0 Å². The molecule has 0 aromatic heterocycles. The third-order valence-electron chi connectivity index (χ3n) is 2.92. The summed E-state index contributed by atoms with van der Waals surface area (Å²) in [4.78, 5) is 0. The van der Waals surface area contributed by atoms with Crippen molar-refractivity contribution in [2.24, 2.45) is 5.92 Å². The van der Waals surface area contributed by atoms with Gasteiger partial charge in [-0.2, -0.15) is 0 Å². The van der Waals surface area contributed by atoms with Crippen LogP contribution in [0.2, 0.25) is 0 Å². The summed E-state index contributed by atoms with van der Waals surface area (Å²) in [6.07, 6.45) is 7.37. The predicted molar refractivity (Wildman–Crippen MR) is 42.3 cm³/mol. The predicted octanol–water partition coefficient (Wildman–Crippen LogP) is 1.33. The molecule has 64 valence electrons. The molecule has 1 saturated carbocycles. The fraction of sp³-hybridized carbons (Fsp3) is 1.00. The first-order valence-corrected chi connectivity index (χ1v) is 4.68. The van der Waals surface area contributed by atoms with Gasteiger partial charge < -0.3 is 9.84 Å². The molecule has 2 heteroatoms. The summed E-state index contributed by atoms with van der Waals surface area (Å²) in [5.41, 5.74) is 0. The molecule has 0 aromatic rings. The number of hydrogen-bond acceptors (Lipinski definition) is 2. The van der Waals surface area contributed by atoms with Crippen LogP contribution in [0.5, 0.6) is 0 Å². The lowest BCUT2D eigenvalue weighted by Gasteiger charge is -2.19. The van der Waals surface area contributed by atoms with Gasteiger partial charge in [-0.1, -0.05) is 19.3 Å². The van der Waals surface area contributed by atoms with E-state index in [9.17, 15) is 0 Å². The minimum absolute atomic E-state index is 0.193. The molecular formula is C9H16O2. The van der Waals surface area contributed by atoms with Crippen LogP contribution in [0.4, 0.5) is 0 Å². The Kier molecular flexibility index (Phi) is 2.14. The van der Waals surface area contributed by atoms with Crippen molar-refractivity contribution in [1.82, 2.24) is 0 Å². The van der Waals surface area contributed by atoms with Crippen LogP contribution < -0.4 is 0 Å². The summed E-state index contributed by atoms with van der Waals surface area (Å²) >= 11 is 0. The quantitative estimate of drug-likeness (QED) is 0.612. The minimum atomic E-state index is 0.193. The van der Waals surface area contributed by atoms with Crippen LogP contribution in [-0.4, -0.2) is 23.9 Å². The molecule has 11 heavy (non-hydrogen) atoms. The highest BCUT2D eigenvalue weighted by Gasteiger charge is 2.43. The second-order valence-electron chi connectivity index (χ2n) is 3.72. The summed E-state index contributed by atoms with van der Waals surface area (Å²) in [5.74, 6) is 0.765. The Morgan fingerprint density at radius 2 is 1.91 bits per heavy atom. The van der Waals surface area contributed by atoms with Crippen molar-refractivity contribution < 1.29 is 9.84 Å². The van der Waals surface area contributed by atoms with Crippen molar-refractivity contribution in [3.8, 4) is 0 Å². The second-order valence-corrected chi connectivity index (χ2v) is 3.72. The largest absolute Gasteiger partial charge is 0.394 e. The van der Waals surface area contributed by atoms with Crippen molar-refractivity contribution in [2.45, 2.75) is 44.3 Å². The molecule has 1 aliphatic carbocycles. The molecule has 1 heterocycles. The van der Waals surface area contributed by atoms with E-state index in [2.05, 4.69) is 0 Å². The SMILES string of the molecule is OC[C@H]1O[C@@H]1C1CCCCC1. The van der Waals surface area contributed by atoms with E-state index in [1.165, 1.54) is 32.1 Å². The van der Waals surface area contributed by atoms with Gasteiger partial charge in [0.1, 0.15) is 6.10 Å². The zero-order valence-corrected chi connectivity index (χ0v) is 6.83. The highest BCUT2D eigenvalue weighted by atomic mass is 16.6. The molecule has 2 nitrogen and oxygen atoms in total. The normalized spacial score (nSPS) is 39.0. The van der Waals surface area contributed by atoms with Gasteiger partial charge in [0.2, 0.25) is 0 Å². The highest BCUT2D eigenvalue weighted by Crippen LogP contribution is 2.37. The number of ether oxygens (including phenoxy) is 1. The number of aliphatic hydroxyl groups excluding tert-OH is 1. The zero-order chi connectivity index (χ0) is 7.68. The maximum Gasteiger partial charge on any atom is 0.107 e. The van der Waals surface area contributed by atoms with E-state index in [0.29, 0.717) is 6.10 Å². The summed E-state index contributed by atoms with van der Waals surface area (Å²) < 4.78 is 5.36. The molecule has 0 aromatic carbocycles. The average molecular weight is 156 g/mol. The molecule has 1 saturated heterocycles. The first-order valence-electron chi connectivity index (χ1n) is 4.68. The molecule has 2 aliphatic rings. The van der Waals surface area contributed by atoms with Gasteiger partial charge in [0, 0.05) is 0 Å². The molecule has 2 atom stereocenters. The van der Waals surface area contributed by atoms with Crippen LogP contribution >= 0.6 is 0 Å². The lowest BCUT2D eigenvalue weighted by molar-refractivity contribution is 0.232.